The summed E-state index contributed by atoms with van der Waals surface area (Å²) in [5.74, 6) is 0.347. The van der Waals surface area contributed by atoms with Crippen molar-refractivity contribution < 1.29 is 17.9 Å². The first-order valence-electron chi connectivity index (χ1n) is 7.00. The topological polar surface area (TPSA) is 21.3 Å². The first-order chi connectivity index (χ1) is 9.42. The lowest BCUT2D eigenvalue weighted by Gasteiger charge is -2.23. The highest BCUT2D eigenvalue weighted by Gasteiger charge is 2.37. The molecule has 1 saturated carbocycles. The Balaban J connectivity index is 2.21. The molecule has 1 aromatic rings. The molecular weight excluding hydrogens is 267 g/mol. The molecule has 2 nitrogen and oxygen atoms in total. The summed E-state index contributed by atoms with van der Waals surface area (Å²) in [5.41, 5.74) is 0.665. The van der Waals surface area contributed by atoms with Crippen LogP contribution in [-0.2, 0) is 0 Å². The maximum atomic E-state index is 12.5. The predicted octanol–water partition coefficient (Wildman–Crippen LogP) is 4.08. The van der Waals surface area contributed by atoms with Crippen LogP contribution in [0.5, 0.6) is 5.75 Å². The molecule has 0 aromatic heterocycles. The number of benzene rings is 1. The molecule has 0 amide bonds. The SMILES string of the molecule is CCNC1CCC(c2ccccc2OC(F)(F)F)C1C. The van der Waals surface area contributed by atoms with Crippen LogP contribution in [0.2, 0.25) is 0 Å². The summed E-state index contributed by atoms with van der Waals surface area (Å²) in [6.07, 6.45) is -2.77. The number of ether oxygens (including phenoxy) is 1. The van der Waals surface area contributed by atoms with E-state index in [0.717, 1.165) is 19.4 Å². The Hall–Kier alpha value is -1.23. The highest BCUT2D eigenvalue weighted by molar-refractivity contribution is 5.37. The Bertz CT molecular complexity index is 447. The zero-order chi connectivity index (χ0) is 14.8. The van der Waals surface area contributed by atoms with Crippen LogP contribution in [0.4, 0.5) is 13.2 Å². The Morgan fingerprint density at radius 3 is 2.60 bits per heavy atom. The minimum absolute atomic E-state index is 0.0611. The van der Waals surface area contributed by atoms with Crippen molar-refractivity contribution in [1.82, 2.24) is 5.32 Å². The molecule has 0 bridgehead atoms. The van der Waals surface area contributed by atoms with Crippen molar-refractivity contribution in [1.29, 1.82) is 0 Å². The normalized spacial score (nSPS) is 26.8. The van der Waals surface area contributed by atoms with Gasteiger partial charge in [0.2, 0.25) is 0 Å². The fourth-order valence-electron chi connectivity index (χ4n) is 3.16. The van der Waals surface area contributed by atoms with Gasteiger partial charge in [0.25, 0.3) is 0 Å². The molecule has 3 unspecified atom stereocenters. The van der Waals surface area contributed by atoms with Crippen LogP contribution < -0.4 is 10.1 Å². The van der Waals surface area contributed by atoms with Crippen LogP contribution in [0.1, 0.15) is 38.2 Å². The van der Waals surface area contributed by atoms with Crippen LogP contribution in [0.25, 0.3) is 0 Å². The van der Waals surface area contributed by atoms with Gasteiger partial charge in [-0.25, -0.2) is 0 Å². The molecule has 0 heterocycles. The number of hydrogen-bond acceptors (Lipinski definition) is 2. The third kappa shape index (κ3) is 3.45. The van der Waals surface area contributed by atoms with E-state index in [1.54, 1.807) is 18.2 Å². The summed E-state index contributed by atoms with van der Waals surface area (Å²) in [4.78, 5) is 0. The van der Waals surface area contributed by atoms with Gasteiger partial charge >= 0.3 is 6.36 Å². The number of hydrogen-bond donors (Lipinski definition) is 1. The maximum absolute atomic E-state index is 12.5. The van der Waals surface area contributed by atoms with Crippen LogP contribution in [0, 0.1) is 5.92 Å². The Morgan fingerprint density at radius 2 is 1.95 bits per heavy atom. The average Bonchev–Trinajstić information content (AvgIpc) is 2.71. The third-order valence-corrected chi connectivity index (χ3v) is 4.07. The summed E-state index contributed by atoms with van der Waals surface area (Å²) in [7, 11) is 0. The van der Waals surface area contributed by atoms with Crippen molar-refractivity contribution >= 4 is 0 Å². The van der Waals surface area contributed by atoms with E-state index >= 15 is 0 Å². The Kier molecular flexibility index (Phi) is 4.58. The fourth-order valence-corrected chi connectivity index (χ4v) is 3.16. The standard InChI is InChI=1S/C15H20F3NO/c1-3-19-13-9-8-11(10(13)2)12-6-4-5-7-14(12)20-15(16,17)18/h4-7,10-11,13,19H,3,8-9H2,1-2H3. The molecule has 0 spiro atoms. The molecule has 0 saturated heterocycles. The molecule has 1 N–H and O–H groups in total. The number of halogens is 3. The highest BCUT2D eigenvalue weighted by Crippen LogP contribution is 2.43. The quantitative estimate of drug-likeness (QED) is 0.901. The zero-order valence-corrected chi connectivity index (χ0v) is 11.7. The lowest BCUT2D eigenvalue weighted by molar-refractivity contribution is -0.275. The van der Waals surface area contributed by atoms with Gasteiger partial charge in [-0.05, 0) is 42.9 Å². The van der Waals surface area contributed by atoms with Crippen molar-refractivity contribution in [2.45, 2.75) is 45.0 Å². The first kappa shape index (κ1) is 15.2. The largest absolute Gasteiger partial charge is 0.573 e. The Morgan fingerprint density at radius 1 is 1.25 bits per heavy atom. The molecule has 3 atom stereocenters. The van der Waals surface area contributed by atoms with E-state index in [2.05, 4.69) is 17.0 Å². The Labute approximate surface area is 117 Å². The molecule has 2 rings (SSSR count). The van der Waals surface area contributed by atoms with Gasteiger partial charge in [-0.3, -0.25) is 0 Å². The lowest BCUT2D eigenvalue weighted by atomic mass is 9.88. The van der Waals surface area contributed by atoms with E-state index in [1.807, 2.05) is 6.92 Å². The molecule has 112 valence electrons. The van der Waals surface area contributed by atoms with Crippen molar-refractivity contribution in [3.05, 3.63) is 29.8 Å². The van der Waals surface area contributed by atoms with Crippen molar-refractivity contribution in [2.75, 3.05) is 6.54 Å². The van der Waals surface area contributed by atoms with Gasteiger partial charge in [0, 0.05) is 6.04 Å². The summed E-state index contributed by atoms with van der Waals surface area (Å²) in [6, 6.07) is 6.86. The van der Waals surface area contributed by atoms with Crippen LogP contribution in [0.3, 0.4) is 0 Å². The molecule has 0 radical (unpaired) electrons. The summed E-state index contributed by atoms with van der Waals surface area (Å²) in [6.45, 7) is 5.01. The van der Waals surface area contributed by atoms with E-state index in [1.165, 1.54) is 6.07 Å². The summed E-state index contributed by atoms with van der Waals surface area (Å²) in [5, 5.41) is 3.40. The van der Waals surface area contributed by atoms with Crippen LogP contribution in [0.15, 0.2) is 24.3 Å². The van der Waals surface area contributed by atoms with Crippen LogP contribution in [-0.4, -0.2) is 18.9 Å². The van der Waals surface area contributed by atoms with E-state index in [9.17, 15) is 13.2 Å². The van der Waals surface area contributed by atoms with Gasteiger partial charge in [0.1, 0.15) is 5.75 Å². The second-order valence-electron chi connectivity index (χ2n) is 5.29. The van der Waals surface area contributed by atoms with E-state index in [0.29, 0.717) is 17.5 Å². The molecule has 20 heavy (non-hydrogen) atoms. The average molecular weight is 287 g/mol. The first-order valence-corrected chi connectivity index (χ1v) is 7.00. The van der Waals surface area contributed by atoms with E-state index < -0.39 is 6.36 Å². The number of alkyl halides is 3. The van der Waals surface area contributed by atoms with Gasteiger partial charge in [0.05, 0.1) is 0 Å². The predicted molar refractivity (Wildman–Crippen MR) is 71.7 cm³/mol. The monoisotopic (exact) mass is 287 g/mol. The molecule has 1 aromatic carbocycles. The summed E-state index contributed by atoms with van der Waals surface area (Å²) < 4.78 is 41.6. The second-order valence-corrected chi connectivity index (χ2v) is 5.29. The van der Waals surface area contributed by atoms with Crippen LogP contribution >= 0.6 is 0 Å². The smallest absolute Gasteiger partial charge is 0.405 e. The molecular formula is C15H20F3NO. The maximum Gasteiger partial charge on any atom is 0.573 e. The summed E-state index contributed by atoms with van der Waals surface area (Å²) >= 11 is 0. The number of para-hydroxylation sites is 1. The van der Waals surface area contributed by atoms with Gasteiger partial charge in [-0.2, -0.15) is 0 Å². The minimum Gasteiger partial charge on any atom is -0.405 e. The highest BCUT2D eigenvalue weighted by atomic mass is 19.4. The lowest BCUT2D eigenvalue weighted by Crippen LogP contribution is -2.32. The van der Waals surface area contributed by atoms with Gasteiger partial charge in [0.15, 0.2) is 0 Å². The molecule has 1 aliphatic rings. The number of rotatable bonds is 4. The van der Waals surface area contributed by atoms with Crippen molar-refractivity contribution in [3.63, 3.8) is 0 Å². The van der Waals surface area contributed by atoms with E-state index in [4.69, 9.17) is 0 Å². The second kappa shape index (κ2) is 6.04. The third-order valence-electron chi connectivity index (χ3n) is 4.07. The minimum atomic E-state index is -4.64. The van der Waals surface area contributed by atoms with Gasteiger partial charge in [-0.1, -0.05) is 32.0 Å². The van der Waals surface area contributed by atoms with E-state index in [-0.39, 0.29) is 11.7 Å². The van der Waals surface area contributed by atoms with Crippen molar-refractivity contribution in [2.24, 2.45) is 5.92 Å². The fraction of sp³-hybridized carbons (Fsp3) is 0.600. The molecule has 0 aliphatic heterocycles. The number of nitrogens with one attached hydrogen (secondary N) is 1. The molecule has 1 aliphatic carbocycles. The molecule has 1 fully saturated rings. The van der Waals surface area contributed by atoms with Gasteiger partial charge < -0.3 is 10.1 Å². The molecule has 5 heteroatoms. The zero-order valence-electron chi connectivity index (χ0n) is 11.7. The van der Waals surface area contributed by atoms with Gasteiger partial charge in [-0.15, -0.1) is 13.2 Å². The van der Waals surface area contributed by atoms with Crippen molar-refractivity contribution in [3.8, 4) is 5.75 Å².